The van der Waals surface area contributed by atoms with Crippen LogP contribution in [-0.4, -0.2) is 22.3 Å². The normalized spacial score (nSPS) is 44.5. The molecule has 0 amide bonds. The number of hydrogen-bond acceptors (Lipinski definition) is 3. The van der Waals surface area contributed by atoms with E-state index < -0.39 is 5.60 Å². The molecule has 0 spiro atoms. The summed E-state index contributed by atoms with van der Waals surface area (Å²) < 4.78 is 0. The van der Waals surface area contributed by atoms with Gasteiger partial charge in [-0.3, -0.25) is 9.59 Å². The van der Waals surface area contributed by atoms with Crippen molar-refractivity contribution < 1.29 is 14.7 Å². The zero-order valence-corrected chi connectivity index (χ0v) is 21.4. The van der Waals surface area contributed by atoms with Crippen LogP contribution in [-0.2, 0) is 9.59 Å². The number of rotatable bonds is 6. The van der Waals surface area contributed by atoms with Crippen molar-refractivity contribution in [1.82, 2.24) is 0 Å². The fourth-order valence-corrected chi connectivity index (χ4v) is 8.72. The fraction of sp³-hybridized carbons (Fsp3) is 0.862. The average molecular weight is 443 g/mol. The van der Waals surface area contributed by atoms with E-state index >= 15 is 0 Å². The smallest absolute Gasteiger partial charge is 0.161 e. The van der Waals surface area contributed by atoms with Crippen LogP contribution in [0.2, 0.25) is 0 Å². The van der Waals surface area contributed by atoms with Crippen molar-refractivity contribution in [2.45, 2.75) is 111 Å². The monoisotopic (exact) mass is 442 g/mol. The second-order valence-corrected chi connectivity index (χ2v) is 13.0. The highest BCUT2D eigenvalue weighted by atomic mass is 16.3. The highest BCUT2D eigenvalue weighted by Gasteiger charge is 2.62. The molecule has 0 unspecified atom stereocenters. The van der Waals surface area contributed by atoms with Gasteiger partial charge in [-0.15, -0.1) is 0 Å². The molecule has 3 fully saturated rings. The van der Waals surface area contributed by atoms with Gasteiger partial charge in [0.15, 0.2) is 11.6 Å². The number of Topliss-reactive ketones (excluding diaryl/α,β-unsaturated/α-hetero) is 1. The van der Waals surface area contributed by atoms with Crippen molar-refractivity contribution in [3.8, 4) is 0 Å². The number of hydrogen-bond donors (Lipinski definition) is 1. The molecule has 3 saturated carbocycles. The summed E-state index contributed by atoms with van der Waals surface area (Å²) in [6.07, 6.45) is 12.4. The maximum Gasteiger partial charge on any atom is 0.161 e. The third-order valence-corrected chi connectivity index (χ3v) is 10.9. The zero-order chi connectivity index (χ0) is 23.5. The predicted molar refractivity (Wildman–Crippen MR) is 129 cm³/mol. The van der Waals surface area contributed by atoms with Gasteiger partial charge in [-0.25, -0.2) is 0 Å². The molecule has 0 saturated heterocycles. The molecule has 3 nitrogen and oxygen atoms in total. The van der Waals surface area contributed by atoms with Crippen LogP contribution in [0, 0.1) is 46.3 Å². The fourth-order valence-electron chi connectivity index (χ4n) is 8.72. The Morgan fingerprint density at radius 2 is 1.78 bits per heavy atom. The summed E-state index contributed by atoms with van der Waals surface area (Å²) in [7, 11) is 0. The van der Waals surface area contributed by atoms with E-state index in [0.717, 1.165) is 36.2 Å². The highest BCUT2D eigenvalue weighted by molar-refractivity contribution is 5.95. The number of aliphatic hydroxyl groups is 1. The molecule has 0 aliphatic heterocycles. The topological polar surface area (TPSA) is 54.4 Å². The van der Waals surface area contributed by atoms with Gasteiger partial charge < -0.3 is 5.11 Å². The summed E-state index contributed by atoms with van der Waals surface area (Å²) in [5, 5.41) is 10.9. The van der Waals surface area contributed by atoms with Crippen LogP contribution in [0.15, 0.2) is 11.6 Å². The van der Waals surface area contributed by atoms with E-state index in [9.17, 15) is 14.7 Å². The second-order valence-electron chi connectivity index (χ2n) is 13.0. The Morgan fingerprint density at radius 1 is 1.06 bits per heavy atom. The van der Waals surface area contributed by atoms with Crippen LogP contribution in [0.5, 0.6) is 0 Å². The van der Waals surface area contributed by atoms with E-state index in [2.05, 4.69) is 34.6 Å². The molecule has 180 valence electrons. The lowest BCUT2D eigenvalue weighted by atomic mass is 9.46. The Labute approximate surface area is 195 Å². The Kier molecular flexibility index (Phi) is 6.32. The minimum absolute atomic E-state index is 0.0391. The quantitative estimate of drug-likeness (QED) is 0.509. The summed E-state index contributed by atoms with van der Waals surface area (Å²) >= 11 is 0. The number of ketones is 2. The van der Waals surface area contributed by atoms with Crippen LogP contribution in [0.4, 0.5) is 0 Å². The molecule has 4 rings (SSSR count). The molecule has 32 heavy (non-hydrogen) atoms. The first-order valence-corrected chi connectivity index (χ1v) is 13.4. The first-order chi connectivity index (χ1) is 14.9. The summed E-state index contributed by atoms with van der Waals surface area (Å²) in [4.78, 5) is 25.7. The van der Waals surface area contributed by atoms with Crippen LogP contribution < -0.4 is 0 Å². The first-order valence-electron chi connectivity index (χ1n) is 13.4. The van der Waals surface area contributed by atoms with Crippen LogP contribution in [0.1, 0.15) is 106 Å². The Bertz CT molecular complexity index is 796. The molecule has 0 aromatic heterocycles. The minimum atomic E-state index is -1.27. The van der Waals surface area contributed by atoms with Gasteiger partial charge in [-0.1, -0.05) is 59.5 Å². The predicted octanol–water partition coefficient (Wildman–Crippen LogP) is 6.53. The SMILES string of the molecule is CC(=O)[C@]1(O)CC[C@@]2(C)C(=CC(=O)[C@H]3[C@@H]4CC[C@H]([C@H](C)CCCC(C)C)[C@@]4(C)CC[C@@H]32)C1. The van der Waals surface area contributed by atoms with Crippen molar-refractivity contribution in [1.29, 1.82) is 0 Å². The van der Waals surface area contributed by atoms with Crippen molar-refractivity contribution in [3.63, 3.8) is 0 Å². The van der Waals surface area contributed by atoms with E-state index in [4.69, 9.17) is 0 Å². The Morgan fingerprint density at radius 3 is 2.44 bits per heavy atom. The third-order valence-electron chi connectivity index (χ3n) is 10.9. The maximum absolute atomic E-state index is 13.6. The van der Waals surface area contributed by atoms with Crippen molar-refractivity contribution >= 4 is 11.6 Å². The van der Waals surface area contributed by atoms with Gasteiger partial charge in [-0.05, 0) is 91.9 Å². The van der Waals surface area contributed by atoms with Gasteiger partial charge >= 0.3 is 0 Å². The molecule has 0 aromatic rings. The molecule has 0 radical (unpaired) electrons. The van der Waals surface area contributed by atoms with Crippen molar-refractivity contribution in [3.05, 3.63) is 11.6 Å². The number of carbonyl (C=O) groups is 2. The lowest BCUT2D eigenvalue weighted by Gasteiger charge is -2.58. The van der Waals surface area contributed by atoms with Gasteiger partial charge in [0.05, 0.1) is 0 Å². The molecule has 1 N–H and O–H groups in total. The number of fused-ring (bicyclic) bond motifs is 5. The molecule has 4 aliphatic rings. The summed E-state index contributed by atoms with van der Waals surface area (Å²) in [5.41, 5.74) is 0.0199. The van der Waals surface area contributed by atoms with Crippen molar-refractivity contribution in [2.75, 3.05) is 0 Å². The van der Waals surface area contributed by atoms with Crippen LogP contribution in [0.3, 0.4) is 0 Å². The molecule has 0 aromatic carbocycles. The first kappa shape index (κ1) is 24.2. The largest absolute Gasteiger partial charge is 0.382 e. The van der Waals surface area contributed by atoms with Crippen LogP contribution >= 0.6 is 0 Å². The summed E-state index contributed by atoms with van der Waals surface area (Å²) in [6.45, 7) is 13.4. The summed E-state index contributed by atoms with van der Waals surface area (Å²) in [5.74, 6) is 3.40. The average Bonchev–Trinajstić information content (AvgIpc) is 3.06. The Hall–Kier alpha value is -0.960. The molecule has 8 atom stereocenters. The van der Waals surface area contributed by atoms with E-state index in [1.807, 2.05) is 6.08 Å². The minimum Gasteiger partial charge on any atom is -0.382 e. The van der Waals surface area contributed by atoms with E-state index in [1.54, 1.807) is 0 Å². The molecular formula is C29H46O3. The van der Waals surface area contributed by atoms with Crippen LogP contribution in [0.25, 0.3) is 0 Å². The Balaban J connectivity index is 1.56. The van der Waals surface area contributed by atoms with Gasteiger partial charge in [-0.2, -0.15) is 0 Å². The molecular weight excluding hydrogens is 396 g/mol. The van der Waals surface area contributed by atoms with Gasteiger partial charge in [0, 0.05) is 12.3 Å². The lowest BCUT2D eigenvalue weighted by molar-refractivity contribution is -0.145. The standard InChI is InChI=1S/C29H46O3/c1-18(2)8-7-9-19(3)22-10-11-23-26-24(12-13-28(22,23)6)27(5)14-15-29(32,20(4)30)17-21(27)16-25(26)31/h16,18-19,22-24,26,32H,7-15,17H2,1-6H3/t19-,22-,23+,24+,26+,27+,28-,29+/m1/s1. The van der Waals surface area contributed by atoms with Gasteiger partial charge in [0.25, 0.3) is 0 Å². The highest BCUT2D eigenvalue weighted by Crippen LogP contribution is 2.67. The van der Waals surface area contributed by atoms with Gasteiger partial charge in [0.2, 0.25) is 0 Å². The van der Waals surface area contributed by atoms with E-state index in [0.29, 0.717) is 30.5 Å². The molecule has 0 bridgehead atoms. The number of allylic oxidation sites excluding steroid dienone is 1. The maximum atomic E-state index is 13.6. The molecule has 0 heterocycles. The van der Waals surface area contributed by atoms with E-state index in [1.165, 1.54) is 45.4 Å². The van der Waals surface area contributed by atoms with Crippen molar-refractivity contribution in [2.24, 2.45) is 46.3 Å². The van der Waals surface area contributed by atoms with Gasteiger partial charge in [0.1, 0.15) is 5.60 Å². The molecule has 3 heteroatoms. The summed E-state index contributed by atoms with van der Waals surface area (Å²) in [6, 6.07) is 0. The van der Waals surface area contributed by atoms with E-state index in [-0.39, 0.29) is 22.5 Å². The lowest BCUT2D eigenvalue weighted by Crippen LogP contribution is -2.56. The molecule has 4 aliphatic carbocycles. The second kappa shape index (κ2) is 8.36. The number of carbonyl (C=O) groups excluding carboxylic acids is 2. The third kappa shape index (κ3) is 3.75. The zero-order valence-electron chi connectivity index (χ0n) is 21.4.